The molecule has 0 radical (unpaired) electrons. The van der Waals surface area contributed by atoms with Crippen molar-refractivity contribution in [1.29, 1.82) is 0 Å². The predicted octanol–water partition coefficient (Wildman–Crippen LogP) is 0.910. The first-order chi connectivity index (χ1) is 9.36. The molecule has 3 fully saturated rings. The monoisotopic (exact) mass is 267 g/mol. The largest absolute Gasteiger partial charge is 0.381 e. The number of piperidine rings is 1. The van der Waals surface area contributed by atoms with E-state index >= 15 is 0 Å². The third-order valence-corrected chi connectivity index (χ3v) is 5.37. The topological polar surface area (TPSA) is 41.7 Å². The van der Waals surface area contributed by atoms with Gasteiger partial charge in [-0.15, -0.1) is 0 Å². The molecule has 19 heavy (non-hydrogen) atoms. The van der Waals surface area contributed by atoms with E-state index in [1.165, 1.54) is 58.3 Å². The van der Waals surface area contributed by atoms with Crippen LogP contribution in [-0.4, -0.2) is 67.8 Å². The molecule has 0 aromatic carbocycles. The van der Waals surface area contributed by atoms with Gasteiger partial charge < -0.3 is 15.4 Å². The maximum atomic E-state index is 5.80. The van der Waals surface area contributed by atoms with Crippen molar-refractivity contribution in [3.63, 3.8) is 0 Å². The molecule has 4 nitrogen and oxygen atoms in total. The molecule has 3 aliphatic heterocycles. The number of nitrogens with zero attached hydrogens (tertiary/aromatic N) is 2. The van der Waals surface area contributed by atoms with Crippen molar-refractivity contribution in [2.75, 3.05) is 45.9 Å². The van der Waals surface area contributed by atoms with Gasteiger partial charge in [-0.05, 0) is 64.2 Å². The first-order valence-corrected chi connectivity index (χ1v) is 8.12. The average Bonchev–Trinajstić information content (AvgIpc) is 2.97. The highest BCUT2D eigenvalue weighted by Crippen LogP contribution is 2.26. The molecule has 0 aliphatic carbocycles. The molecule has 3 heterocycles. The Morgan fingerprint density at radius 1 is 0.842 bits per heavy atom. The van der Waals surface area contributed by atoms with Gasteiger partial charge in [0.1, 0.15) is 0 Å². The van der Waals surface area contributed by atoms with Gasteiger partial charge in [0.25, 0.3) is 0 Å². The highest BCUT2D eigenvalue weighted by Gasteiger charge is 2.32. The lowest BCUT2D eigenvalue weighted by atomic mass is 9.99. The van der Waals surface area contributed by atoms with Gasteiger partial charge in [0, 0.05) is 31.8 Å². The minimum Gasteiger partial charge on any atom is -0.381 e. The van der Waals surface area contributed by atoms with Gasteiger partial charge in [-0.1, -0.05) is 0 Å². The molecule has 0 saturated carbocycles. The summed E-state index contributed by atoms with van der Waals surface area (Å²) in [6, 6.07) is 1.62. The lowest BCUT2D eigenvalue weighted by Crippen LogP contribution is -2.49. The summed E-state index contributed by atoms with van der Waals surface area (Å²) >= 11 is 0. The van der Waals surface area contributed by atoms with E-state index in [1.54, 1.807) is 0 Å². The van der Waals surface area contributed by atoms with Crippen molar-refractivity contribution in [2.45, 2.75) is 44.2 Å². The zero-order chi connectivity index (χ0) is 13.1. The first kappa shape index (κ1) is 13.8. The first-order valence-electron chi connectivity index (χ1n) is 8.12. The average molecular weight is 267 g/mol. The van der Waals surface area contributed by atoms with Crippen LogP contribution in [0.25, 0.3) is 0 Å². The zero-order valence-electron chi connectivity index (χ0n) is 12.1. The Bertz CT molecular complexity index is 273. The van der Waals surface area contributed by atoms with Crippen molar-refractivity contribution < 1.29 is 4.74 Å². The summed E-state index contributed by atoms with van der Waals surface area (Å²) in [4.78, 5) is 5.42. The minimum atomic E-state index is 0.758. The SMILES string of the molecule is NCC1CCN(C2CCN(C3CCOCC3)CC2)C1. The second kappa shape index (κ2) is 6.53. The summed E-state index contributed by atoms with van der Waals surface area (Å²) in [6.07, 6.45) is 6.51. The maximum Gasteiger partial charge on any atom is 0.0480 e. The van der Waals surface area contributed by atoms with Crippen LogP contribution in [-0.2, 0) is 4.74 Å². The van der Waals surface area contributed by atoms with Crippen LogP contribution in [0.5, 0.6) is 0 Å². The molecular formula is C15H29N3O. The van der Waals surface area contributed by atoms with E-state index in [4.69, 9.17) is 10.5 Å². The summed E-state index contributed by atoms with van der Waals surface area (Å²) < 4.78 is 5.47. The van der Waals surface area contributed by atoms with Crippen LogP contribution >= 0.6 is 0 Å². The molecule has 0 spiro atoms. The Morgan fingerprint density at radius 2 is 1.47 bits per heavy atom. The van der Waals surface area contributed by atoms with Gasteiger partial charge in [0.15, 0.2) is 0 Å². The summed E-state index contributed by atoms with van der Waals surface area (Å²) in [7, 11) is 0. The number of hydrogen-bond donors (Lipinski definition) is 1. The molecule has 3 rings (SSSR count). The summed E-state index contributed by atoms with van der Waals surface area (Å²) in [6.45, 7) is 7.92. The van der Waals surface area contributed by atoms with Crippen LogP contribution < -0.4 is 5.73 Å². The van der Waals surface area contributed by atoms with E-state index < -0.39 is 0 Å². The van der Waals surface area contributed by atoms with E-state index in [-0.39, 0.29) is 0 Å². The Labute approximate surface area is 117 Å². The van der Waals surface area contributed by atoms with E-state index in [1.807, 2.05) is 0 Å². The van der Waals surface area contributed by atoms with Crippen molar-refractivity contribution >= 4 is 0 Å². The van der Waals surface area contributed by atoms with Crippen LogP contribution in [0.4, 0.5) is 0 Å². The highest BCUT2D eigenvalue weighted by molar-refractivity contribution is 4.87. The van der Waals surface area contributed by atoms with Crippen LogP contribution in [0.2, 0.25) is 0 Å². The highest BCUT2D eigenvalue weighted by atomic mass is 16.5. The summed E-state index contributed by atoms with van der Waals surface area (Å²) in [5.74, 6) is 0.758. The molecule has 0 aromatic heterocycles. The van der Waals surface area contributed by atoms with Crippen molar-refractivity contribution in [3.05, 3.63) is 0 Å². The number of rotatable bonds is 3. The Kier molecular flexibility index (Phi) is 4.74. The fourth-order valence-electron chi connectivity index (χ4n) is 4.05. The van der Waals surface area contributed by atoms with Gasteiger partial charge in [-0.25, -0.2) is 0 Å². The summed E-state index contributed by atoms with van der Waals surface area (Å²) in [5.41, 5.74) is 5.80. The molecule has 0 aromatic rings. The molecule has 0 amide bonds. The molecule has 110 valence electrons. The van der Waals surface area contributed by atoms with Crippen LogP contribution in [0.15, 0.2) is 0 Å². The lowest BCUT2D eigenvalue weighted by molar-refractivity contribution is 0.0154. The standard InChI is InChI=1S/C15H29N3O/c16-11-13-1-6-18(12-13)14-2-7-17(8-3-14)15-4-9-19-10-5-15/h13-15H,1-12,16H2. The van der Waals surface area contributed by atoms with Crippen LogP contribution in [0.3, 0.4) is 0 Å². The molecule has 0 bridgehead atoms. The Hall–Kier alpha value is -0.160. The molecule has 2 N–H and O–H groups in total. The fraction of sp³-hybridized carbons (Fsp3) is 1.00. The van der Waals surface area contributed by atoms with Crippen molar-refractivity contribution in [1.82, 2.24) is 9.80 Å². The number of hydrogen-bond acceptors (Lipinski definition) is 4. The quantitative estimate of drug-likeness (QED) is 0.825. The minimum absolute atomic E-state index is 0.758. The Morgan fingerprint density at radius 3 is 2.11 bits per heavy atom. The van der Waals surface area contributed by atoms with E-state index in [0.717, 1.165) is 37.8 Å². The van der Waals surface area contributed by atoms with Gasteiger partial charge in [-0.2, -0.15) is 0 Å². The maximum absolute atomic E-state index is 5.80. The number of ether oxygens (including phenoxy) is 1. The second-order valence-corrected chi connectivity index (χ2v) is 6.50. The van der Waals surface area contributed by atoms with Crippen molar-refractivity contribution in [3.8, 4) is 0 Å². The smallest absolute Gasteiger partial charge is 0.0480 e. The van der Waals surface area contributed by atoms with E-state index in [9.17, 15) is 0 Å². The molecule has 4 heteroatoms. The van der Waals surface area contributed by atoms with E-state index in [0.29, 0.717) is 0 Å². The van der Waals surface area contributed by atoms with Gasteiger partial charge in [0.05, 0.1) is 0 Å². The second-order valence-electron chi connectivity index (χ2n) is 6.50. The summed E-state index contributed by atoms with van der Waals surface area (Å²) in [5, 5.41) is 0. The molecule has 1 atom stereocenters. The third kappa shape index (κ3) is 3.30. The van der Waals surface area contributed by atoms with Gasteiger partial charge in [0.2, 0.25) is 0 Å². The number of likely N-dealkylation sites (tertiary alicyclic amines) is 2. The van der Waals surface area contributed by atoms with Crippen LogP contribution in [0, 0.1) is 5.92 Å². The third-order valence-electron chi connectivity index (χ3n) is 5.37. The molecule has 1 unspecified atom stereocenters. The zero-order valence-corrected chi connectivity index (χ0v) is 12.1. The van der Waals surface area contributed by atoms with Gasteiger partial charge in [-0.3, -0.25) is 4.90 Å². The van der Waals surface area contributed by atoms with Crippen LogP contribution in [0.1, 0.15) is 32.1 Å². The Balaban J connectivity index is 1.44. The molecule has 3 aliphatic rings. The molecule has 3 saturated heterocycles. The molecular weight excluding hydrogens is 238 g/mol. The van der Waals surface area contributed by atoms with E-state index in [2.05, 4.69) is 9.80 Å². The van der Waals surface area contributed by atoms with Gasteiger partial charge >= 0.3 is 0 Å². The number of nitrogens with two attached hydrogens (primary N) is 1. The normalized spacial score (nSPS) is 33.0. The lowest BCUT2D eigenvalue weighted by Gasteiger charge is -2.41. The fourth-order valence-corrected chi connectivity index (χ4v) is 4.05. The predicted molar refractivity (Wildman–Crippen MR) is 77.2 cm³/mol. The van der Waals surface area contributed by atoms with Crippen molar-refractivity contribution in [2.24, 2.45) is 11.7 Å².